The van der Waals surface area contributed by atoms with Crippen LogP contribution < -0.4 is 10.6 Å². The number of nitrogens with one attached hydrogen (secondary N) is 2. The van der Waals surface area contributed by atoms with E-state index in [2.05, 4.69) is 43.5 Å². The van der Waals surface area contributed by atoms with E-state index in [0.29, 0.717) is 19.7 Å². The summed E-state index contributed by atoms with van der Waals surface area (Å²) in [6, 6.07) is 4.29. The number of carbonyl (C=O) groups is 1. The summed E-state index contributed by atoms with van der Waals surface area (Å²) in [4.78, 5) is 14.1. The fourth-order valence-corrected chi connectivity index (χ4v) is 2.57. The highest BCUT2D eigenvalue weighted by molar-refractivity contribution is 7.12. The van der Waals surface area contributed by atoms with E-state index in [9.17, 15) is 4.79 Å². The standard InChI is InChI=1S/C14H24N2O2S/c1-14(2,3)12-6-5-11(19-12)9-15-10-13(17)16-7-8-18-4/h5-6,15H,7-10H2,1-4H3,(H,16,17). The average molecular weight is 284 g/mol. The normalized spacial score (nSPS) is 11.6. The topological polar surface area (TPSA) is 50.4 Å². The van der Waals surface area contributed by atoms with Crippen molar-refractivity contribution in [3.05, 3.63) is 21.9 Å². The number of methoxy groups -OCH3 is 1. The zero-order chi connectivity index (χ0) is 14.3. The van der Waals surface area contributed by atoms with Crippen molar-refractivity contribution in [2.75, 3.05) is 26.8 Å². The van der Waals surface area contributed by atoms with Crippen molar-refractivity contribution in [2.24, 2.45) is 0 Å². The molecule has 1 aromatic heterocycles. The molecule has 0 aliphatic carbocycles. The molecule has 0 saturated heterocycles. The highest BCUT2D eigenvalue weighted by Gasteiger charge is 2.15. The van der Waals surface area contributed by atoms with Crippen molar-refractivity contribution in [2.45, 2.75) is 32.7 Å². The van der Waals surface area contributed by atoms with Gasteiger partial charge >= 0.3 is 0 Å². The van der Waals surface area contributed by atoms with Gasteiger partial charge in [-0.1, -0.05) is 20.8 Å². The van der Waals surface area contributed by atoms with Crippen LogP contribution in [0, 0.1) is 0 Å². The number of amides is 1. The molecule has 0 spiro atoms. The maximum absolute atomic E-state index is 11.4. The molecule has 0 unspecified atom stereocenters. The molecular formula is C14H24N2O2S. The summed E-state index contributed by atoms with van der Waals surface area (Å²) in [5.41, 5.74) is 0.195. The van der Waals surface area contributed by atoms with E-state index in [4.69, 9.17) is 4.74 Å². The molecule has 0 atom stereocenters. The lowest BCUT2D eigenvalue weighted by Crippen LogP contribution is -2.35. The second-order valence-corrected chi connectivity index (χ2v) is 6.63. The van der Waals surface area contributed by atoms with E-state index in [1.165, 1.54) is 9.75 Å². The predicted molar refractivity (Wildman–Crippen MR) is 79.6 cm³/mol. The Balaban J connectivity index is 2.26. The van der Waals surface area contributed by atoms with E-state index in [1.54, 1.807) is 18.4 Å². The van der Waals surface area contributed by atoms with Crippen molar-refractivity contribution < 1.29 is 9.53 Å². The van der Waals surface area contributed by atoms with Gasteiger partial charge in [-0.2, -0.15) is 0 Å². The fourth-order valence-electron chi connectivity index (χ4n) is 1.53. The Kier molecular flexibility index (Phi) is 6.48. The fraction of sp³-hybridized carbons (Fsp3) is 0.643. The van der Waals surface area contributed by atoms with Crippen LogP contribution in [0.1, 0.15) is 30.5 Å². The SMILES string of the molecule is COCCNC(=O)CNCc1ccc(C(C)(C)C)s1. The third-order valence-corrected chi connectivity index (χ3v) is 4.12. The molecule has 4 nitrogen and oxygen atoms in total. The molecule has 0 radical (unpaired) electrons. The van der Waals surface area contributed by atoms with Crippen molar-refractivity contribution >= 4 is 17.2 Å². The van der Waals surface area contributed by atoms with Crippen LogP contribution in [0.2, 0.25) is 0 Å². The third kappa shape index (κ3) is 6.18. The minimum atomic E-state index is 0.00431. The van der Waals surface area contributed by atoms with Gasteiger partial charge in [-0.3, -0.25) is 4.79 Å². The summed E-state index contributed by atoms with van der Waals surface area (Å²) in [6.07, 6.45) is 0. The first kappa shape index (κ1) is 16.1. The van der Waals surface area contributed by atoms with Crippen LogP contribution in [0.3, 0.4) is 0 Å². The lowest BCUT2D eigenvalue weighted by Gasteiger charge is -2.15. The first-order chi connectivity index (χ1) is 8.93. The Morgan fingerprint density at radius 3 is 2.68 bits per heavy atom. The van der Waals surface area contributed by atoms with E-state index in [-0.39, 0.29) is 11.3 Å². The van der Waals surface area contributed by atoms with Gasteiger partial charge < -0.3 is 15.4 Å². The molecule has 1 rings (SSSR count). The largest absolute Gasteiger partial charge is 0.383 e. The summed E-state index contributed by atoms with van der Waals surface area (Å²) >= 11 is 1.80. The Morgan fingerprint density at radius 1 is 1.37 bits per heavy atom. The third-order valence-electron chi connectivity index (χ3n) is 2.61. The smallest absolute Gasteiger partial charge is 0.234 e. The first-order valence-electron chi connectivity index (χ1n) is 6.49. The van der Waals surface area contributed by atoms with Gasteiger partial charge in [0.05, 0.1) is 13.2 Å². The molecule has 1 aromatic rings. The van der Waals surface area contributed by atoms with Crippen molar-refractivity contribution in [3.63, 3.8) is 0 Å². The van der Waals surface area contributed by atoms with E-state index < -0.39 is 0 Å². The van der Waals surface area contributed by atoms with Gasteiger partial charge in [0, 0.05) is 30.0 Å². The lowest BCUT2D eigenvalue weighted by atomic mass is 9.95. The number of hydrogen-bond donors (Lipinski definition) is 2. The number of thiophene rings is 1. The van der Waals surface area contributed by atoms with Gasteiger partial charge in [0.15, 0.2) is 0 Å². The van der Waals surface area contributed by atoms with Gasteiger partial charge in [0.2, 0.25) is 5.91 Å². The Bertz CT molecular complexity index is 396. The second-order valence-electron chi connectivity index (χ2n) is 5.46. The molecule has 2 N–H and O–H groups in total. The lowest BCUT2D eigenvalue weighted by molar-refractivity contribution is -0.120. The van der Waals surface area contributed by atoms with Crippen molar-refractivity contribution in [3.8, 4) is 0 Å². The quantitative estimate of drug-likeness (QED) is 0.752. The Labute approximate surface area is 119 Å². The molecule has 0 aliphatic rings. The maximum atomic E-state index is 11.4. The molecule has 0 bridgehead atoms. The number of carbonyl (C=O) groups excluding carboxylic acids is 1. The van der Waals surface area contributed by atoms with Crippen LogP contribution in [0.5, 0.6) is 0 Å². The molecule has 0 aliphatic heterocycles. The van der Waals surface area contributed by atoms with Crippen LogP contribution in [-0.2, 0) is 21.5 Å². The van der Waals surface area contributed by atoms with Crippen LogP contribution in [0.25, 0.3) is 0 Å². The Hall–Kier alpha value is -0.910. The van der Waals surface area contributed by atoms with Crippen LogP contribution in [0.15, 0.2) is 12.1 Å². The summed E-state index contributed by atoms with van der Waals surface area (Å²) in [5.74, 6) is 0.00431. The van der Waals surface area contributed by atoms with Crippen LogP contribution in [-0.4, -0.2) is 32.7 Å². The van der Waals surface area contributed by atoms with E-state index in [1.807, 2.05) is 0 Å². The molecule has 0 saturated carbocycles. The minimum absolute atomic E-state index is 0.00431. The average Bonchev–Trinajstić information content (AvgIpc) is 2.78. The zero-order valence-corrected chi connectivity index (χ0v) is 13.0. The minimum Gasteiger partial charge on any atom is -0.383 e. The zero-order valence-electron chi connectivity index (χ0n) is 12.2. The maximum Gasteiger partial charge on any atom is 0.234 e. The highest BCUT2D eigenvalue weighted by Crippen LogP contribution is 2.29. The monoisotopic (exact) mass is 284 g/mol. The first-order valence-corrected chi connectivity index (χ1v) is 7.30. The van der Waals surface area contributed by atoms with Crippen LogP contribution >= 0.6 is 11.3 Å². The molecule has 0 fully saturated rings. The van der Waals surface area contributed by atoms with Gasteiger partial charge in [0.1, 0.15) is 0 Å². The van der Waals surface area contributed by atoms with Gasteiger partial charge in [-0.15, -0.1) is 11.3 Å². The number of rotatable bonds is 7. The van der Waals surface area contributed by atoms with Gasteiger partial charge in [0.25, 0.3) is 0 Å². The molecular weight excluding hydrogens is 260 g/mol. The summed E-state index contributed by atoms with van der Waals surface area (Å²) in [7, 11) is 1.62. The summed E-state index contributed by atoms with van der Waals surface area (Å²) in [5, 5.41) is 5.93. The van der Waals surface area contributed by atoms with Crippen molar-refractivity contribution in [1.82, 2.24) is 10.6 Å². The van der Waals surface area contributed by atoms with E-state index >= 15 is 0 Å². The summed E-state index contributed by atoms with van der Waals surface area (Å²) in [6.45, 7) is 8.80. The molecule has 5 heteroatoms. The summed E-state index contributed by atoms with van der Waals surface area (Å²) < 4.78 is 4.87. The molecule has 1 heterocycles. The highest BCUT2D eigenvalue weighted by atomic mass is 32.1. The number of hydrogen-bond acceptors (Lipinski definition) is 4. The number of ether oxygens (including phenoxy) is 1. The molecule has 19 heavy (non-hydrogen) atoms. The van der Waals surface area contributed by atoms with Crippen molar-refractivity contribution in [1.29, 1.82) is 0 Å². The van der Waals surface area contributed by atoms with E-state index in [0.717, 1.165) is 6.54 Å². The van der Waals surface area contributed by atoms with Crippen LogP contribution in [0.4, 0.5) is 0 Å². The van der Waals surface area contributed by atoms with Gasteiger partial charge in [-0.05, 0) is 17.5 Å². The van der Waals surface area contributed by atoms with Gasteiger partial charge in [-0.25, -0.2) is 0 Å². The molecule has 0 aromatic carbocycles. The molecule has 108 valence electrons. The predicted octanol–water partition coefficient (Wildman–Crippen LogP) is 1.90. The molecule has 1 amide bonds. The Morgan fingerprint density at radius 2 is 2.11 bits per heavy atom. The second kappa shape index (κ2) is 7.62.